The van der Waals surface area contributed by atoms with Crippen LogP contribution in [0.1, 0.15) is 20.3 Å². The van der Waals surface area contributed by atoms with E-state index in [0.717, 1.165) is 12.0 Å². The second-order valence-electron chi connectivity index (χ2n) is 3.12. The van der Waals surface area contributed by atoms with Crippen molar-refractivity contribution in [3.63, 3.8) is 0 Å². The molecule has 0 rings (SSSR count). The summed E-state index contributed by atoms with van der Waals surface area (Å²) in [5.41, 5.74) is 2.43. The van der Waals surface area contributed by atoms with Crippen LogP contribution in [0, 0.1) is 0 Å². The maximum Gasteiger partial charge on any atom is 0.0407 e. The third kappa shape index (κ3) is 5.92. The molecule has 0 bridgehead atoms. The van der Waals surface area contributed by atoms with Crippen molar-refractivity contribution in [2.75, 3.05) is 5.88 Å². The summed E-state index contributed by atoms with van der Waals surface area (Å²) in [6.45, 7) is 8.01. The van der Waals surface area contributed by atoms with Gasteiger partial charge in [-0.05, 0) is 20.3 Å². The molecule has 0 aromatic carbocycles. The highest BCUT2D eigenvalue weighted by atomic mass is 79.9. The first-order valence-corrected chi connectivity index (χ1v) is 6.51. The molecule has 0 N–H and O–H groups in total. The largest absolute Gasteiger partial charge is 0.122 e. The number of allylic oxidation sites excluding steroid dienone is 3. The summed E-state index contributed by atoms with van der Waals surface area (Å²) in [6, 6.07) is 0. The van der Waals surface area contributed by atoms with Crippen LogP contribution in [0.15, 0.2) is 23.8 Å². The van der Waals surface area contributed by atoms with E-state index in [4.69, 9.17) is 11.6 Å². The summed E-state index contributed by atoms with van der Waals surface area (Å²) in [5, 5.41) is 0. The molecule has 0 saturated heterocycles. The van der Waals surface area contributed by atoms with E-state index in [1.54, 1.807) is 0 Å². The molecule has 0 unspecified atom stereocenters. The van der Waals surface area contributed by atoms with Crippen molar-refractivity contribution >= 4 is 43.5 Å². The van der Waals surface area contributed by atoms with Crippen molar-refractivity contribution in [3.8, 4) is 0 Å². The van der Waals surface area contributed by atoms with E-state index in [1.807, 2.05) is 13.0 Å². The van der Waals surface area contributed by atoms with Crippen molar-refractivity contribution in [1.82, 2.24) is 0 Å². The highest BCUT2D eigenvalue weighted by molar-refractivity contribution is 9.10. The fraction of sp³-hybridized carbons (Fsp3) is 0.600. The molecular weight excluding hydrogens is 315 g/mol. The third-order valence-corrected chi connectivity index (χ3v) is 4.25. The number of hydrogen-bond donors (Lipinski definition) is 0. The Bertz CT molecular complexity index is 199. The summed E-state index contributed by atoms with van der Waals surface area (Å²) >= 11 is 12.8. The van der Waals surface area contributed by atoms with Gasteiger partial charge in [-0.2, -0.15) is 0 Å². The van der Waals surface area contributed by atoms with Gasteiger partial charge in [0, 0.05) is 15.5 Å². The molecule has 3 heteroatoms. The third-order valence-electron chi connectivity index (χ3n) is 1.84. The first-order chi connectivity index (χ1) is 5.99. The Kier molecular flexibility index (Phi) is 7.48. The van der Waals surface area contributed by atoms with Gasteiger partial charge in [0.1, 0.15) is 0 Å². The zero-order valence-corrected chi connectivity index (χ0v) is 11.9. The van der Waals surface area contributed by atoms with Gasteiger partial charge in [-0.1, -0.05) is 55.7 Å². The Balaban J connectivity index is 4.06. The van der Waals surface area contributed by atoms with Crippen LogP contribution in [0.2, 0.25) is 0 Å². The maximum atomic E-state index is 5.61. The van der Waals surface area contributed by atoms with E-state index < -0.39 is 0 Å². The van der Waals surface area contributed by atoms with Crippen molar-refractivity contribution in [3.05, 3.63) is 23.8 Å². The van der Waals surface area contributed by atoms with E-state index in [-0.39, 0.29) is 0 Å². The predicted molar refractivity (Wildman–Crippen MR) is 69.3 cm³/mol. The monoisotopic (exact) mass is 328 g/mol. The standard InChI is InChI=1S/C10H15Br2Cl/c1-7(2)9(11)6-10(12)8(3)4-5-13/h4,9-10H,1,5-6H2,2-3H3/b8-4+/t9-,10-/m0/s1. The number of rotatable bonds is 5. The fourth-order valence-corrected chi connectivity index (χ4v) is 2.50. The van der Waals surface area contributed by atoms with E-state index >= 15 is 0 Å². The van der Waals surface area contributed by atoms with Crippen LogP contribution in [0.4, 0.5) is 0 Å². The molecule has 0 saturated carbocycles. The summed E-state index contributed by atoms with van der Waals surface area (Å²) in [7, 11) is 0. The lowest BCUT2D eigenvalue weighted by molar-refractivity contribution is 0.853. The molecule has 2 atom stereocenters. The Morgan fingerprint density at radius 1 is 1.38 bits per heavy atom. The molecule has 0 radical (unpaired) electrons. The predicted octanol–water partition coefficient (Wildman–Crippen LogP) is 4.66. The van der Waals surface area contributed by atoms with Crippen molar-refractivity contribution in [2.45, 2.75) is 29.9 Å². The van der Waals surface area contributed by atoms with Crippen LogP contribution < -0.4 is 0 Å². The topological polar surface area (TPSA) is 0 Å². The van der Waals surface area contributed by atoms with Gasteiger partial charge < -0.3 is 0 Å². The normalized spacial score (nSPS) is 16.8. The lowest BCUT2D eigenvalue weighted by Crippen LogP contribution is -2.09. The van der Waals surface area contributed by atoms with Gasteiger partial charge in [0.05, 0.1) is 0 Å². The second kappa shape index (κ2) is 7.08. The van der Waals surface area contributed by atoms with E-state index in [2.05, 4.69) is 45.4 Å². The highest BCUT2D eigenvalue weighted by Crippen LogP contribution is 2.24. The molecule has 0 amide bonds. The van der Waals surface area contributed by atoms with Gasteiger partial charge in [-0.25, -0.2) is 0 Å². The molecule has 0 fully saturated rings. The van der Waals surface area contributed by atoms with Crippen LogP contribution in [-0.2, 0) is 0 Å². The molecule has 0 aliphatic carbocycles. The smallest absolute Gasteiger partial charge is 0.0407 e. The average Bonchev–Trinajstić information content (AvgIpc) is 2.04. The van der Waals surface area contributed by atoms with Crippen LogP contribution >= 0.6 is 43.5 Å². The molecule has 0 aliphatic rings. The van der Waals surface area contributed by atoms with Crippen molar-refractivity contribution in [2.24, 2.45) is 0 Å². The molecule has 0 aliphatic heterocycles. The van der Waals surface area contributed by atoms with Crippen LogP contribution in [0.25, 0.3) is 0 Å². The zero-order chi connectivity index (χ0) is 10.4. The minimum absolute atomic E-state index is 0.371. The summed E-state index contributed by atoms with van der Waals surface area (Å²) in [5.74, 6) is 0.577. The van der Waals surface area contributed by atoms with Gasteiger partial charge in [0.25, 0.3) is 0 Å². The maximum absolute atomic E-state index is 5.61. The summed E-state index contributed by atoms with van der Waals surface area (Å²) in [6.07, 6.45) is 3.04. The number of hydrogen-bond acceptors (Lipinski definition) is 0. The molecule has 0 aromatic heterocycles. The number of halogens is 3. The molecule has 0 aromatic rings. The van der Waals surface area contributed by atoms with Gasteiger partial charge >= 0.3 is 0 Å². The Morgan fingerprint density at radius 3 is 2.31 bits per heavy atom. The lowest BCUT2D eigenvalue weighted by Gasteiger charge is -2.15. The summed E-state index contributed by atoms with van der Waals surface area (Å²) in [4.78, 5) is 0.753. The Hall–Kier alpha value is 0.730. The second-order valence-corrected chi connectivity index (χ2v) is 5.64. The lowest BCUT2D eigenvalue weighted by atomic mass is 10.1. The van der Waals surface area contributed by atoms with Crippen molar-refractivity contribution in [1.29, 1.82) is 0 Å². The highest BCUT2D eigenvalue weighted by Gasteiger charge is 2.12. The summed E-state index contributed by atoms with van der Waals surface area (Å²) < 4.78 is 0. The number of alkyl halides is 3. The Labute approximate surface area is 103 Å². The van der Waals surface area contributed by atoms with Crippen LogP contribution in [-0.4, -0.2) is 15.5 Å². The first-order valence-electron chi connectivity index (χ1n) is 4.15. The molecule has 0 nitrogen and oxygen atoms in total. The van der Waals surface area contributed by atoms with Gasteiger partial charge in [-0.15, -0.1) is 11.6 Å². The van der Waals surface area contributed by atoms with Gasteiger partial charge in [-0.3, -0.25) is 0 Å². The van der Waals surface area contributed by atoms with Gasteiger partial charge in [0.15, 0.2) is 0 Å². The van der Waals surface area contributed by atoms with E-state index in [9.17, 15) is 0 Å². The molecule has 0 spiro atoms. The molecular formula is C10H15Br2Cl. The quantitative estimate of drug-likeness (QED) is 0.508. The van der Waals surface area contributed by atoms with Crippen LogP contribution in [0.5, 0.6) is 0 Å². The van der Waals surface area contributed by atoms with Crippen molar-refractivity contribution < 1.29 is 0 Å². The first kappa shape index (κ1) is 13.7. The average molecular weight is 330 g/mol. The molecule has 0 heterocycles. The zero-order valence-electron chi connectivity index (χ0n) is 7.99. The SMILES string of the molecule is C=C(C)[C@@H](Br)C[C@H](Br)/C(C)=C/CCl. The van der Waals surface area contributed by atoms with Crippen LogP contribution in [0.3, 0.4) is 0 Å². The van der Waals surface area contributed by atoms with E-state index in [1.165, 1.54) is 5.57 Å². The molecule has 76 valence electrons. The molecule has 13 heavy (non-hydrogen) atoms. The van der Waals surface area contributed by atoms with Gasteiger partial charge in [0.2, 0.25) is 0 Å². The Morgan fingerprint density at radius 2 is 1.92 bits per heavy atom. The minimum atomic E-state index is 0.371. The minimum Gasteiger partial charge on any atom is -0.122 e. The van der Waals surface area contributed by atoms with E-state index in [0.29, 0.717) is 15.5 Å². The fourth-order valence-electron chi connectivity index (χ4n) is 0.818.